The van der Waals surface area contributed by atoms with Gasteiger partial charge in [-0.3, -0.25) is 9.20 Å². The van der Waals surface area contributed by atoms with Gasteiger partial charge in [0, 0.05) is 6.20 Å². The summed E-state index contributed by atoms with van der Waals surface area (Å²) in [6.45, 7) is -0.125. The van der Waals surface area contributed by atoms with Crippen LogP contribution in [0.1, 0.15) is 17.0 Å². The highest BCUT2D eigenvalue weighted by molar-refractivity contribution is 5.78. The van der Waals surface area contributed by atoms with Crippen LogP contribution in [0.5, 0.6) is 5.75 Å². The van der Waals surface area contributed by atoms with Gasteiger partial charge in [0.05, 0.1) is 25.6 Å². The molecule has 1 aromatic carbocycles. The van der Waals surface area contributed by atoms with Gasteiger partial charge in [0.25, 0.3) is 0 Å². The predicted octanol–water partition coefficient (Wildman–Crippen LogP) is 2.75. The number of fused-ring (bicyclic) bond motifs is 1. The molecule has 27 heavy (non-hydrogen) atoms. The van der Waals surface area contributed by atoms with Crippen LogP contribution in [-0.4, -0.2) is 27.6 Å². The maximum atomic E-state index is 13.6. The third-order valence-corrected chi connectivity index (χ3v) is 3.82. The molecule has 6 nitrogen and oxygen atoms in total. The van der Waals surface area contributed by atoms with Crippen LogP contribution in [0.3, 0.4) is 0 Å². The van der Waals surface area contributed by atoms with E-state index in [-0.39, 0.29) is 30.2 Å². The fraction of sp³-hybridized carbons (Fsp3) is 0.235. The molecule has 142 valence electrons. The van der Waals surface area contributed by atoms with Crippen molar-refractivity contribution in [3.05, 3.63) is 59.3 Å². The summed E-state index contributed by atoms with van der Waals surface area (Å²) in [6, 6.07) is 6.23. The van der Waals surface area contributed by atoms with Crippen LogP contribution in [0, 0.1) is 5.82 Å². The van der Waals surface area contributed by atoms with Crippen molar-refractivity contribution in [1.82, 2.24) is 19.9 Å². The second kappa shape index (κ2) is 7.22. The molecule has 3 aromatic rings. The molecule has 1 N–H and O–H groups in total. The first-order chi connectivity index (χ1) is 12.8. The smallest absolute Gasteiger partial charge is 0.417 e. The number of benzene rings is 1. The van der Waals surface area contributed by atoms with E-state index >= 15 is 0 Å². The topological polar surface area (TPSA) is 68.5 Å². The van der Waals surface area contributed by atoms with Gasteiger partial charge in [0.2, 0.25) is 5.91 Å². The Balaban J connectivity index is 1.69. The Morgan fingerprint density at radius 1 is 1.22 bits per heavy atom. The molecule has 0 aliphatic rings. The molecule has 0 aliphatic heterocycles. The number of nitrogens with one attached hydrogen (secondary N) is 1. The summed E-state index contributed by atoms with van der Waals surface area (Å²) >= 11 is 0. The van der Waals surface area contributed by atoms with Crippen molar-refractivity contribution >= 4 is 11.6 Å². The summed E-state index contributed by atoms with van der Waals surface area (Å²) in [7, 11) is 1.33. The fourth-order valence-corrected chi connectivity index (χ4v) is 2.47. The largest absolute Gasteiger partial charge is 0.494 e. The third kappa shape index (κ3) is 4.15. The number of rotatable bonds is 5. The monoisotopic (exact) mass is 382 g/mol. The lowest BCUT2D eigenvalue weighted by Crippen LogP contribution is -2.25. The van der Waals surface area contributed by atoms with Crippen molar-refractivity contribution in [3.8, 4) is 5.75 Å². The van der Waals surface area contributed by atoms with Crippen LogP contribution in [0.4, 0.5) is 17.6 Å². The van der Waals surface area contributed by atoms with Gasteiger partial charge in [-0.2, -0.15) is 13.2 Å². The Bertz CT molecular complexity index is 985. The quantitative estimate of drug-likeness (QED) is 0.689. The van der Waals surface area contributed by atoms with Gasteiger partial charge in [0.15, 0.2) is 23.0 Å². The summed E-state index contributed by atoms with van der Waals surface area (Å²) in [4.78, 5) is 12.0. The van der Waals surface area contributed by atoms with Crippen LogP contribution in [0.25, 0.3) is 5.65 Å². The van der Waals surface area contributed by atoms with Gasteiger partial charge in [-0.1, -0.05) is 6.07 Å². The van der Waals surface area contributed by atoms with Gasteiger partial charge in [0.1, 0.15) is 0 Å². The number of pyridine rings is 1. The molecular formula is C17H14F4N4O2. The number of methoxy groups -OCH3 is 1. The fourth-order valence-electron chi connectivity index (χ4n) is 2.47. The van der Waals surface area contributed by atoms with Crippen molar-refractivity contribution in [2.75, 3.05) is 7.11 Å². The number of ether oxygens (including phenoxy) is 1. The standard InChI is InChI=1S/C17H14F4N4O2/c1-27-13-4-2-10(6-12(13)18)7-16(26)22-8-15-24-23-14-5-3-11(9-25(14)15)17(19,20)21/h2-6,9H,7-8H2,1H3,(H,22,26). The van der Waals surface area contributed by atoms with Crippen molar-refractivity contribution in [1.29, 1.82) is 0 Å². The van der Waals surface area contributed by atoms with E-state index in [4.69, 9.17) is 4.74 Å². The number of nitrogens with zero attached hydrogens (tertiary/aromatic N) is 3. The number of amides is 1. The maximum Gasteiger partial charge on any atom is 0.417 e. The average Bonchev–Trinajstić information content (AvgIpc) is 3.02. The molecule has 2 aromatic heterocycles. The lowest BCUT2D eigenvalue weighted by molar-refractivity contribution is -0.137. The molecule has 10 heteroatoms. The minimum Gasteiger partial charge on any atom is -0.494 e. The zero-order chi connectivity index (χ0) is 19.6. The normalized spacial score (nSPS) is 11.6. The SMILES string of the molecule is COc1ccc(CC(=O)NCc2nnc3ccc(C(F)(F)F)cn23)cc1F. The summed E-state index contributed by atoms with van der Waals surface area (Å²) < 4.78 is 58.1. The van der Waals surface area contributed by atoms with E-state index in [2.05, 4.69) is 15.5 Å². The number of carbonyl (C=O) groups is 1. The van der Waals surface area contributed by atoms with E-state index < -0.39 is 23.5 Å². The van der Waals surface area contributed by atoms with Crippen LogP contribution >= 0.6 is 0 Å². The Kier molecular flexibility index (Phi) is 4.98. The van der Waals surface area contributed by atoms with E-state index in [9.17, 15) is 22.4 Å². The molecule has 0 saturated heterocycles. The summed E-state index contributed by atoms with van der Waals surface area (Å²) in [5, 5.41) is 10.1. The number of alkyl halides is 3. The lowest BCUT2D eigenvalue weighted by atomic mass is 10.1. The number of halogens is 4. The highest BCUT2D eigenvalue weighted by atomic mass is 19.4. The molecule has 0 atom stereocenters. The summed E-state index contributed by atoms with van der Waals surface area (Å²) in [5.74, 6) is -0.825. The zero-order valence-corrected chi connectivity index (χ0v) is 14.0. The van der Waals surface area contributed by atoms with E-state index in [1.807, 2.05) is 0 Å². The van der Waals surface area contributed by atoms with Crippen LogP contribution < -0.4 is 10.1 Å². The predicted molar refractivity (Wildman–Crippen MR) is 86.5 cm³/mol. The molecule has 0 radical (unpaired) electrons. The highest BCUT2D eigenvalue weighted by Crippen LogP contribution is 2.29. The van der Waals surface area contributed by atoms with E-state index in [1.165, 1.54) is 25.3 Å². The van der Waals surface area contributed by atoms with Gasteiger partial charge >= 0.3 is 6.18 Å². The van der Waals surface area contributed by atoms with E-state index in [0.29, 0.717) is 5.56 Å². The molecule has 0 spiro atoms. The van der Waals surface area contributed by atoms with Crippen molar-refractivity contribution in [3.63, 3.8) is 0 Å². The van der Waals surface area contributed by atoms with Gasteiger partial charge in [-0.15, -0.1) is 10.2 Å². The molecule has 0 aliphatic carbocycles. The second-order valence-electron chi connectivity index (χ2n) is 5.68. The van der Waals surface area contributed by atoms with Gasteiger partial charge < -0.3 is 10.1 Å². The molecule has 0 bridgehead atoms. The van der Waals surface area contributed by atoms with Gasteiger partial charge in [-0.05, 0) is 29.8 Å². The first-order valence-electron chi connectivity index (χ1n) is 7.78. The lowest BCUT2D eigenvalue weighted by Gasteiger charge is -2.08. The zero-order valence-electron chi connectivity index (χ0n) is 14.0. The molecule has 0 unspecified atom stereocenters. The number of hydrogen-bond donors (Lipinski definition) is 1. The summed E-state index contributed by atoms with van der Waals surface area (Å²) in [6.07, 6.45) is -3.74. The number of aromatic nitrogens is 3. The molecular weight excluding hydrogens is 368 g/mol. The third-order valence-electron chi connectivity index (χ3n) is 3.82. The van der Waals surface area contributed by atoms with Crippen molar-refractivity contribution in [2.45, 2.75) is 19.1 Å². The van der Waals surface area contributed by atoms with E-state index in [0.717, 1.165) is 16.7 Å². The van der Waals surface area contributed by atoms with Crippen LogP contribution in [0.15, 0.2) is 36.5 Å². The van der Waals surface area contributed by atoms with Crippen molar-refractivity contribution < 1.29 is 27.1 Å². The molecule has 2 heterocycles. The Hall–Kier alpha value is -3.17. The van der Waals surface area contributed by atoms with Crippen LogP contribution in [-0.2, 0) is 23.9 Å². The number of carbonyl (C=O) groups excluding carboxylic acids is 1. The molecule has 1 amide bonds. The molecule has 0 fully saturated rings. The first kappa shape index (κ1) is 18.6. The molecule has 3 rings (SSSR count). The Morgan fingerprint density at radius 2 is 2.00 bits per heavy atom. The summed E-state index contributed by atoms with van der Waals surface area (Å²) in [5.41, 5.74) is -0.197. The number of hydrogen-bond acceptors (Lipinski definition) is 4. The second-order valence-corrected chi connectivity index (χ2v) is 5.68. The Labute approximate surface area is 150 Å². The minimum absolute atomic E-state index is 0.0644. The van der Waals surface area contributed by atoms with Crippen molar-refractivity contribution in [2.24, 2.45) is 0 Å². The van der Waals surface area contributed by atoms with Crippen LogP contribution in [0.2, 0.25) is 0 Å². The minimum atomic E-state index is -4.50. The maximum absolute atomic E-state index is 13.6. The van der Waals surface area contributed by atoms with Gasteiger partial charge in [-0.25, -0.2) is 4.39 Å². The first-order valence-corrected chi connectivity index (χ1v) is 7.78. The molecule has 0 saturated carbocycles. The average molecular weight is 382 g/mol. The highest BCUT2D eigenvalue weighted by Gasteiger charge is 2.31. The Morgan fingerprint density at radius 3 is 2.67 bits per heavy atom. The van der Waals surface area contributed by atoms with E-state index in [1.54, 1.807) is 6.07 Å².